The molecule has 4 fully saturated rings. The lowest BCUT2D eigenvalue weighted by Crippen LogP contribution is -2.53. The standard InChI is InChI=1S/C47H84O2/c1-7-8-9-10-11-12-13-14-15-16-17-18-19-20-21-25-45(48)49-36-33-39(37(2)3)27-26-38(4)42-30-31-43-41-29-28-40-24-22-23-34-46(40,5)44(41)32-35-47(42,43)6/h14-15,37-44H,7-13,16-36H2,1-6H3/t38-,39+,40?,41+,42-,43+,44+,46+,47-/m1/s1. The molecule has 2 nitrogen and oxygen atoms in total. The summed E-state index contributed by atoms with van der Waals surface area (Å²) in [5.74, 6) is 7.13. The first-order chi connectivity index (χ1) is 23.7. The van der Waals surface area contributed by atoms with Crippen molar-refractivity contribution in [3.05, 3.63) is 12.2 Å². The maximum absolute atomic E-state index is 12.5. The van der Waals surface area contributed by atoms with E-state index in [2.05, 4.69) is 53.7 Å². The van der Waals surface area contributed by atoms with Gasteiger partial charge >= 0.3 is 5.97 Å². The second-order valence-corrected chi connectivity index (χ2v) is 19.0. The number of carbonyl (C=O) groups is 1. The topological polar surface area (TPSA) is 26.3 Å². The minimum absolute atomic E-state index is 0.0325. The van der Waals surface area contributed by atoms with E-state index in [9.17, 15) is 4.79 Å². The second-order valence-electron chi connectivity index (χ2n) is 19.0. The van der Waals surface area contributed by atoms with Gasteiger partial charge < -0.3 is 4.74 Å². The minimum atomic E-state index is 0.0325. The van der Waals surface area contributed by atoms with Crippen LogP contribution in [0, 0.1) is 58.2 Å². The Kier molecular flexibility index (Phi) is 17.6. The van der Waals surface area contributed by atoms with Gasteiger partial charge in [-0.2, -0.15) is 0 Å². The van der Waals surface area contributed by atoms with Crippen LogP contribution in [0.25, 0.3) is 0 Å². The number of fused-ring (bicyclic) bond motifs is 5. The highest BCUT2D eigenvalue weighted by atomic mass is 16.5. The Morgan fingerprint density at radius 3 is 2.08 bits per heavy atom. The van der Waals surface area contributed by atoms with Gasteiger partial charge in [0, 0.05) is 6.42 Å². The Morgan fingerprint density at radius 2 is 1.37 bits per heavy atom. The van der Waals surface area contributed by atoms with Crippen LogP contribution in [0.4, 0.5) is 0 Å². The largest absolute Gasteiger partial charge is 0.466 e. The summed E-state index contributed by atoms with van der Waals surface area (Å²) in [6, 6.07) is 0. The minimum Gasteiger partial charge on any atom is -0.466 e. The van der Waals surface area contributed by atoms with Gasteiger partial charge in [0.15, 0.2) is 0 Å². The summed E-state index contributed by atoms with van der Waals surface area (Å²) in [7, 11) is 0. The number of unbranched alkanes of at least 4 members (excludes halogenated alkanes) is 11. The number of rotatable bonds is 23. The van der Waals surface area contributed by atoms with Crippen LogP contribution >= 0.6 is 0 Å². The van der Waals surface area contributed by atoms with E-state index in [0.29, 0.717) is 35.7 Å². The molecule has 0 bridgehead atoms. The van der Waals surface area contributed by atoms with Crippen molar-refractivity contribution in [1.82, 2.24) is 0 Å². The van der Waals surface area contributed by atoms with Crippen molar-refractivity contribution in [1.29, 1.82) is 0 Å². The van der Waals surface area contributed by atoms with Crippen LogP contribution in [0.1, 0.15) is 215 Å². The molecule has 4 aliphatic carbocycles. The molecule has 4 aliphatic rings. The van der Waals surface area contributed by atoms with Crippen LogP contribution < -0.4 is 0 Å². The molecule has 49 heavy (non-hydrogen) atoms. The molecule has 0 radical (unpaired) electrons. The average molecular weight is 681 g/mol. The number of hydrogen-bond acceptors (Lipinski definition) is 2. The Hall–Kier alpha value is -0.790. The highest BCUT2D eigenvalue weighted by molar-refractivity contribution is 5.69. The highest BCUT2D eigenvalue weighted by Crippen LogP contribution is 2.68. The molecule has 0 saturated heterocycles. The SMILES string of the molecule is CCCCCCCCC=CCCCCCCCC(=O)OCC[C@H](CC[C@@H](C)[C@H]1CC[C@H]2[C@@H]3CCC4CCCC[C@]4(C)[C@H]3CC[C@]12C)C(C)C. The van der Waals surface area contributed by atoms with E-state index in [4.69, 9.17) is 4.74 Å². The third-order valence-electron chi connectivity index (χ3n) is 15.7. The lowest BCUT2D eigenvalue weighted by atomic mass is 9.44. The zero-order chi connectivity index (χ0) is 35.1. The summed E-state index contributed by atoms with van der Waals surface area (Å²) in [5.41, 5.74) is 1.23. The Labute approximate surface area is 306 Å². The van der Waals surface area contributed by atoms with Crippen molar-refractivity contribution >= 4 is 5.97 Å². The Bertz CT molecular complexity index is 952. The zero-order valence-electron chi connectivity index (χ0n) is 33.9. The molecule has 284 valence electrons. The Morgan fingerprint density at radius 1 is 0.694 bits per heavy atom. The molecular weight excluding hydrogens is 597 g/mol. The summed E-state index contributed by atoms with van der Waals surface area (Å²) >= 11 is 0. The van der Waals surface area contributed by atoms with Gasteiger partial charge in [-0.1, -0.05) is 124 Å². The maximum atomic E-state index is 12.5. The van der Waals surface area contributed by atoms with E-state index in [-0.39, 0.29) is 5.97 Å². The normalized spacial score (nSPS) is 32.5. The van der Waals surface area contributed by atoms with Crippen molar-refractivity contribution < 1.29 is 9.53 Å². The molecule has 2 heteroatoms. The van der Waals surface area contributed by atoms with E-state index in [1.807, 2.05) is 0 Å². The predicted molar refractivity (Wildman–Crippen MR) is 212 cm³/mol. The molecule has 4 rings (SSSR count). The lowest BCUT2D eigenvalue weighted by Gasteiger charge is -2.61. The van der Waals surface area contributed by atoms with Crippen molar-refractivity contribution in [2.45, 2.75) is 215 Å². The van der Waals surface area contributed by atoms with Crippen molar-refractivity contribution in [2.75, 3.05) is 6.61 Å². The highest BCUT2D eigenvalue weighted by Gasteiger charge is 2.60. The third kappa shape index (κ3) is 11.6. The van der Waals surface area contributed by atoms with E-state index in [1.165, 1.54) is 148 Å². The summed E-state index contributed by atoms with van der Waals surface area (Å²) in [4.78, 5) is 12.5. The fraction of sp³-hybridized carbons (Fsp3) is 0.936. The van der Waals surface area contributed by atoms with Crippen molar-refractivity contribution in [3.8, 4) is 0 Å². The molecule has 0 N–H and O–H groups in total. The molecule has 0 heterocycles. The molecule has 4 saturated carbocycles. The van der Waals surface area contributed by atoms with Gasteiger partial charge in [0.05, 0.1) is 6.61 Å². The molecule has 0 aliphatic heterocycles. The molecule has 0 aromatic carbocycles. The van der Waals surface area contributed by atoms with Gasteiger partial charge in [0.2, 0.25) is 0 Å². The summed E-state index contributed by atoms with van der Waals surface area (Å²) in [5, 5.41) is 0. The van der Waals surface area contributed by atoms with Gasteiger partial charge in [-0.15, -0.1) is 0 Å². The molecule has 0 aromatic heterocycles. The van der Waals surface area contributed by atoms with Crippen molar-refractivity contribution in [3.63, 3.8) is 0 Å². The number of hydrogen-bond donors (Lipinski definition) is 0. The number of ether oxygens (including phenoxy) is 1. The van der Waals surface area contributed by atoms with Gasteiger partial charge in [0.1, 0.15) is 0 Å². The van der Waals surface area contributed by atoms with Crippen LogP contribution in [0.2, 0.25) is 0 Å². The molecule has 0 spiro atoms. The zero-order valence-corrected chi connectivity index (χ0v) is 33.9. The maximum Gasteiger partial charge on any atom is 0.305 e. The molecule has 0 aromatic rings. The first-order valence-electron chi connectivity index (χ1n) is 22.5. The number of esters is 1. The molecule has 1 unspecified atom stereocenters. The van der Waals surface area contributed by atoms with E-state index < -0.39 is 0 Å². The summed E-state index contributed by atoms with van der Waals surface area (Å²) < 4.78 is 5.78. The second kappa shape index (κ2) is 21.0. The van der Waals surface area contributed by atoms with Crippen LogP contribution in [-0.2, 0) is 9.53 Å². The summed E-state index contributed by atoms with van der Waals surface area (Å²) in [6.07, 6.45) is 40.9. The van der Waals surface area contributed by atoms with E-state index >= 15 is 0 Å². The van der Waals surface area contributed by atoms with Crippen LogP contribution in [0.3, 0.4) is 0 Å². The van der Waals surface area contributed by atoms with Gasteiger partial charge in [-0.25, -0.2) is 0 Å². The fourth-order valence-electron chi connectivity index (χ4n) is 12.5. The summed E-state index contributed by atoms with van der Waals surface area (Å²) in [6.45, 7) is 15.8. The van der Waals surface area contributed by atoms with Crippen LogP contribution in [0.5, 0.6) is 0 Å². The number of allylic oxidation sites excluding steroid dienone is 2. The van der Waals surface area contributed by atoms with E-state index in [1.54, 1.807) is 0 Å². The molecule has 9 atom stereocenters. The third-order valence-corrected chi connectivity index (χ3v) is 15.7. The fourth-order valence-corrected chi connectivity index (χ4v) is 12.5. The van der Waals surface area contributed by atoms with Gasteiger partial charge in [0.25, 0.3) is 0 Å². The Balaban J connectivity index is 1.06. The van der Waals surface area contributed by atoms with Crippen LogP contribution in [-0.4, -0.2) is 12.6 Å². The smallest absolute Gasteiger partial charge is 0.305 e. The molecular formula is C47H84O2. The van der Waals surface area contributed by atoms with E-state index in [0.717, 1.165) is 54.8 Å². The first-order valence-corrected chi connectivity index (χ1v) is 22.5. The monoisotopic (exact) mass is 681 g/mol. The van der Waals surface area contributed by atoms with Crippen molar-refractivity contribution in [2.24, 2.45) is 58.2 Å². The average Bonchev–Trinajstić information content (AvgIpc) is 3.44. The lowest BCUT2D eigenvalue weighted by molar-refractivity contribution is -0.144. The molecule has 0 amide bonds. The number of carbonyl (C=O) groups excluding carboxylic acids is 1. The predicted octanol–water partition coefficient (Wildman–Crippen LogP) is 14.7. The first kappa shape index (κ1) is 41.0. The quantitative estimate of drug-likeness (QED) is 0.0610. The van der Waals surface area contributed by atoms with Gasteiger partial charge in [-0.3, -0.25) is 4.79 Å². The van der Waals surface area contributed by atoms with Gasteiger partial charge in [-0.05, 0) is 154 Å². The van der Waals surface area contributed by atoms with Crippen LogP contribution in [0.15, 0.2) is 12.2 Å².